The van der Waals surface area contributed by atoms with E-state index in [2.05, 4.69) is 15.9 Å². The van der Waals surface area contributed by atoms with E-state index in [4.69, 9.17) is 0 Å². The second kappa shape index (κ2) is 4.66. The van der Waals surface area contributed by atoms with E-state index in [-0.39, 0.29) is 22.3 Å². The van der Waals surface area contributed by atoms with Crippen LogP contribution in [-0.2, 0) is 11.2 Å². The van der Waals surface area contributed by atoms with Gasteiger partial charge < -0.3 is 0 Å². The van der Waals surface area contributed by atoms with Crippen LogP contribution in [0.15, 0.2) is 18.2 Å². The second-order valence-corrected chi connectivity index (χ2v) is 5.55. The van der Waals surface area contributed by atoms with Crippen molar-refractivity contribution in [2.24, 2.45) is 5.92 Å². The number of aryl methyl sites for hydroxylation is 1. The van der Waals surface area contributed by atoms with Crippen LogP contribution in [0.5, 0.6) is 0 Å². The highest BCUT2D eigenvalue weighted by molar-refractivity contribution is 9.10. The van der Waals surface area contributed by atoms with E-state index < -0.39 is 0 Å². The average Bonchev–Trinajstić information content (AvgIpc) is 3.06. The van der Waals surface area contributed by atoms with Gasteiger partial charge in [-0.05, 0) is 37.8 Å². The van der Waals surface area contributed by atoms with Gasteiger partial charge >= 0.3 is 0 Å². The van der Waals surface area contributed by atoms with Crippen LogP contribution >= 0.6 is 15.9 Å². The number of hydrogen-bond acceptors (Lipinski definition) is 1. The number of carbonyl (C=O) groups excluding carboxylic acids is 1. The van der Waals surface area contributed by atoms with Gasteiger partial charge in [0.05, 0.1) is 4.83 Å². The molecule has 3 heteroatoms. The number of hydrogen-bond donors (Lipinski definition) is 0. The first-order chi connectivity index (χ1) is 7.58. The molecule has 0 aliphatic heterocycles. The molecule has 2 rings (SSSR count). The van der Waals surface area contributed by atoms with E-state index in [1.807, 2.05) is 13.0 Å². The van der Waals surface area contributed by atoms with Crippen LogP contribution < -0.4 is 0 Å². The van der Waals surface area contributed by atoms with Crippen LogP contribution in [0.4, 0.5) is 4.39 Å². The van der Waals surface area contributed by atoms with Crippen molar-refractivity contribution in [2.75, 3.05) is 0 Å². The fourth-order valence-corrected chi connectivity index (χ4v) is 2.50. The van der Waals surface area contributed by atoms with Crippen LogP contribution in [0.25, 0.3) is 0 Å². The van der Waals surface area contributed by atoms with E-state index in [1.54, 1.807) is 6.07 Å². The summed E-state index contributed by atoms with van der Waals surface area (Å²) in [6.07, 6.45) is 2.44. The summed E-state index contributed by atoms with van der Waals surface area (Å²) < 4.78 is 13.5. The van der Waals surface area contributed by atoms with Crippen LogP contribution in [0, 0.1) is 18.7 Å². The minimum absolute atomic E-state index is 0.220. The second-order valence-electron chi connectivity index (χ2n) is 4.44. The van der Waals surface area contributed by atoms with E-state index in [1.165, 1.54) is 6.07 Å². The highest BCUT2D eigenvalue weighted by atomic mass is 79.9. The van der Waals surface area contributed by atoms with Crippen molar-refractivity contribution in [1.29, 1.82) is 0 Å². The third-order valence-electron chi connectivity index (χ3n) is 2.89. The molecule has 1 aromatic carbocycles. The summed E-state index contributed by atoms with van der Waals surface area (Å²) in [5, 5.41) is 0. The van der Waals surface area contributed by atoms with Gasteiger partial charge in [0.15, 0.2) is 0 Å². The van der Waals surface area contributed by atoms with Crippen molar-refractivity contribution in [2.45, 2.75) is 31.0 Å². The van der Waals surface area contributed by atoms with Gasteiger partial charge in [-0.2, -0.15) is 0 Å². The van der Waals surface area contributed by atoms with Gasteiger partial charge in [-0.15, -0.1) is 0 Å². The smallest absolute Gasteiger partial charge is 0.149 e. The molecule has 86 valence electrons. The molecule has 0 amide bonds. The number of benzene rings is 1. The van der Waals surface area contributed by atoms with Crippen LogP contribution in [0.3, 0.4) is 0 Å². The Kier molecular flexibility index (Phi) is 3.43. The average molecular weight is 285 g/mol. The maximum Gasteiger partial charge on any atom is 0.149 e. The molecular weight excluding hydrogens is 271 g/mol. The third kappa shape index (κ3) is 2.70. The number of alkyl halides is 1. The van der Waals surface area contributed by atoms with Crippen molar-refractivity contribution in [3.05, 3.63) is 35.1 Å². The SMILES string of the molecule is Cc1ccc(F)c(CC(Br)C(=O)C2CC2)c1. The molecule has 1 aliphatic rings. The Morgan fingerprint density at radius 1 is 1.56 bits per heavy atom. The Labute approximate surface area is 103 Å². The molecule has 0 aromatic heterocycles. The fourth-order valence-electron chi connectivity index (χ4n) is 1.78. The van der Waals surface area contributed by atoms with E-state index in [0.717, 1.165) is 18.4 Å². The van der Waals surface area contributed by atoms with Gasteiger partial charge in [0.25, 0.3) is 0 Å². The topological polar surface area (TPSA) is 17.1 Å². The Morgan fingerprint density at radius 3 is 2.88 bits per heavy atom. The van der Waals surface area contributed by atoms with Crippen molar-refractivity contribution in [3.8, 4) is 0 Å². The summed E-state index contributed by atoms with van der Waals surface area (Å²) >= 11 is 3.36. The molecule has 0 bridgehead atoms. The predicted molar refractivity (Wildman–Crippen MR) is 65.3 cm³/mol. The third-order valence-corrected chi connectivity index (χ3v) is 3.66. The minimum Gasteiger partial charge on any atom is -0.298 e. The summed E-state index contributed by atoms with van der Waals surface area (Å²) in [6, 6.07) is 5.01. The Hall–Kier alpha value is -0.700. The lowest BCUT2D eigenvalue weighted by atomic mass is 10.0. The molecule has 0 spiro atoms. The molecule has 1 unspecified atom stereocenters. The summed E-state index contributed by atoms with van der Waals surface area (Å²) in [7, 11) is 0. The monoisotopic (exact) mass is 284 g/mol. The quantitative estimate of drug-likeness (QED) is 0.775. The molecule has 1 atom stereocenters. The Bertz CT molecular complexity index is 412. The lowest BCUT2D eigenvalue weighted by Crippen LogP contribution is -2.19. The molecule has 1 saturated carbocycles. The van der Waals surface area contributed by atoms with E-state index in [0.29, 0.717) is 12.0 Å². The zero-order chi connectivity index (χ0) is 11.7. The van der Waals surface area contributed by atoms with Gasteiger partial charge in [-0.25, -0.2) is 4.39 Å². The standard InChI is InChI=1S/C13H14BrFO/c1-8-2-5-12(15)10(6-8)7-11(14)13(16)9-3-4-9/h2,5-6,9,11H,3-4,7H2,1H3. The fraction of sp³-hybridized carbons (Fsp3) is 0.462. The number of ketones is 1. The molecule has 16 heavy (non-hydrogen) atoms. The normalized spacial score (nSPS) is 17.2. The lowest BCUT2D eigenvalue weighted by Gasteiger charge is -2.09. The number of carbonyl (C=O) groups is 1. The lowest BCUT2D eigenvalue weighted by molar-refractivity contribution is -0.119. The molecule has 1 aliphatic carbocycles. The Morgan fingerprint density at radius 2 is 2.25 bits per heavy atom. The van der Waals surface area contributed by atoms with Gasteiger partial charge in [0.1, 0.15) is 11.6 Å². The summed E-state index contributed by atoms with van der Waals surface area (Å²) in [6.45, 7) is 1.93. The summed E-state index contributed by atoms with van der Waals surface area (Å²) in [5.74, 6) is 0.219. The molecule has 0 heterocycles. The highest BCUT2D eigenvalue weighted by Crippen LogP contribution is 2.33. The van der Waals surface area contributed by atoms with Gasteiger partial charge in [0, 0.05) is 5.92 Å². The van der Waals surface area contributed by atoms with Crippen molar-refractivity contribution in [3.63, 3.8) is 0 Å². The van der Waals surface area contributed by atoms with E-state index in [9.17, 15) is 9.18 Å². The zero-order valence-electron chi connectivity index (χ0n) is 9.17. The Balaban J connectivity index is 2.07. The molecule has 0 radical (unpaired) electrons. The molecule has 1 fully saturated rings. The molecule has 1 nitrogen and oxygen atoms in total. The number of Topliss-reactive ketones (excluding diaryl/α,β-unsaturated/α-hetero) is 1. The number of rotatable bonds is 4. The van der Waals surface area contributed by atoms with Crippen LogP contribution in [0.2, 0.25) is 0 Å². The molecule has 0 N–H and O–H groups in total. The largest absolute Gasteiger partial charge is 0.298 e. The van der Waals surface area contributed by atoms with E-state index >= 15 is 0 Å². The highest BCUT2D eigenvalue weighted by Gasteiger charge is 2.33. The minimum atomic E-state index is -0.240. The zero-order valence-corrected chi connectivity index (χ0v) is 10.8. The predicted octanol–water partition coefficient (Wildman–Crippen LogP) is 3.42. The molecular formula is C13H14BrFO. The molecule has 0 saturated heterocycles. The maximum absolute atomic E-state index is 13.5. The maximum atomic E-state index is 13.5. The van der Waals surface area contributed by atoms with Crippen LogP contribution in [0.1, 0.15) is 24.0 Å². The summed E-state index contributed by atoms with van der Waals surface area (Å²) in [4.78, 5) is 11.5. The van der Waals surface area contributed by atoms with Crippen LogP contribution in [-0.4, -0.2) is 10.6 Å². The first-order valence-electron chi connectivity index (χ1n) is 5.51. The first kappa shape index (κ1) is 11.8. The van der Waals surface area contributed by atoms with Crippen molar-refractivity contribution in [1.82, 2.24) is 0 Å². The van der Waals surface area contributed by atoms with Crippen molar-refractivity contribution >= 4 is 21.7 Å². The molecule has 1 aromatic rings. The first-order valence-corrected chi connectivity index (χ1v) is 6.42. The summed E-state index contributed by atoms with van der Waals surface area (Å²) in [5.41, 5.74) is 1.64. The van der Waals surface area contributed by atoms with Crippen molar-refractivity contribution < 1.29 is 9.18 Å². The number of halogens is 2. The van der Waals surface area contributed by atoms with Gasteiger partial charge in [-0.1, -0.05) is 33.6 Å². The van der Waals surface area contributed by atoms with Gasteiger partial charge in [-0.3, -0.25) is 4.79 Å². The van der Waals surface area contributed by atoms with Gasteiger partial charge in [0.2, 0.25) is 0 Å².